The Hall–Kier alpha value is -1.73. The molecule has 134 valence electrons. The predicted octanol–water partition coefficient (Wildman–Crippen LogP) is 1.28. The van der Waals surface area contributed by atoms with Gasteiger partial charge in [0.25, 0.3) is 0 Å². The van der Waals surface area contributed by atoms with Crippen LogP contribution >= 0.6 is 0 Å². The van der Waals surface area contributed by atoms with Gasteiger partial charge in [0, 0.05) is 30.5 Å². The van der Waals surface area contributed by atoms with Crippen LogP contribution in [0.4, 0.5) is 5.69 Å². The Morgan fingerprint density at radius 3 is 2.96 bits per heavy atom. The summed E-state index contributed by atoms with van der Waals surface area (Å²) in [6.45, 7) is 3.30. The maximum absolute atomic E-state index is 10.1. The summed E-state index contributed by atoms with van der Waals surface area (Å²) in [6, 6.07) is 2.62. The van der Waals surface area contributed by atoms with E-state index in [0.717, 1.165) is 43.8 Å². The molecule has 3 aliphatic rings. The number of rotatable bonds is 3. The fraction of sp³-hybridized carbons (Fsp3) is 0.722. The maximum atomic E-state index is 10.1. The van der Waals surface area contributed by atoms with Crippen molar-refractivity contribution in [3.8, 4) is 0 Å². The van der Waals surface area contributed by atoms with E-state index in [1.807, 2.05) is 4.52 Å². The highest BCUT2D eigenvalue weighted by Gasteiger charge is 2.46. The average molecular weight is 342 g/mol. The van der Waals surface area contributed by atoms with Gasteiger partial charge in [0.1, 0.15) is 6.33 Å². The standard InChI is InChI=1S/C18H26N6O/c1-22-7-2-5-18(11-25)6-8-23(10-16(18)22)15-9-14(13-3-4-13)21-24-12-19-20-17(15)24/h9,12-13,16,25H,2-8,10-11H2,1H3/t16-,18-/m1/s1. The number of aliphatic hydroxyl groups excluding tert-OH is 1. The van der Waals surface area contributed by atoms with Crippen LogP contribution in [0.3, 0.4) is 0 Å². The Balaban J connectivity index is 1.52. The first-order valence-electron chi connectivity index (χ1n) is 9.47. The molecule has 4 heterocycles. The second-order valence-electron chi connectivity index (χ2n) is 8.14. The van der Waals surface area contributed by atoms with Crippen LogP contribution in [0.1, 0.15) is 43.7 Å². The van der Waals surface area contributed by atoms with Gasteiger partial charge in [-0.1, -0.05) is 0 Å². The third kappa shape index (κ3) is 2.44. The monoisotopic (exact) mass is 342 g/mol. The van der Waals surface area contributed by atoms with Gasteiger partial charge in [0.05, 0.1) is 18.0 Å². The maximum Gasteiger partial charge on any atom is 0.200 e. The lowest BCUT2D eigenvalue weighted by Crippen LogP contribution is -2.61. The molecule has 7 heteroatoms. The molecule has 0 amide bonds. The molecular weight excluding hydrogens is 316 g/mol. The summed E-state index contributed by atoms with van der Waals surface area (Å²) in [5, 5.41) is 23.2. The van der Waals surface area contributed by atoms with E-state index in [-0.39, 0.29) is 5.41 Å². The molecule has 1 saturated carbocycles. The molecule has 2 atom stereocenters. The van der Waals surface area contributed by atoms with Gasteiger partial charge >= 0.3 is 0 Å². The molecule has 3 fully saturated rings. The highest BCUT2D eigenvalue weighted by Crippen LogP contribution is 2.44. The van der Waals surface area contributed by atoms with Crippen LogP contribution in [-0.2, 0) is 0 Å². The Morgan fingerprint density at radius 1 is 1.28 bits per heavy atom. The molecule has 7 nitrogen and oxygen atoms in total. The van der Waals surface area contributed by atoms with Crippen LogP contribution in [-0.4, -0.2) is 69.1 Å². The molecule has 0 radical (unpaired) electrons. The average Bonchev–Trinajstić information content (AvgIpc) is 3.38. The number of likely N-dealkylation sites (tertiary alicyclic amines) is 1. The number of piperidine rings is 2. The zero-order valence-electron chi connectivity index (χ0n) is 14.8. The number of aliphatic hydroxyl groups is 1. The van der Waals surface area contributed by atoms with Crippen LogP contribution < -0.4 is 4.90 Å². The molecule has 25 heavy (non-hydrogen) atoms. The van der Waals surface area contributed by atoms with Gasteiger partial charge < -0.3 is 14.9 Å². The van der Waals surface area contributed by atoms with Crippen molar-refractivity contribution in [3.05, 3.63) is 18.1 Å². The summed E-state index contributed by atoms with van der Waals surface area (Å²) in [6.07, 6.45) is 7.52. The molecule has 1 aliphatic carbocycles. The third-order valence-corrected chi connectivity index (χ3v) is 6.62. The Labute approximate surface area is 147 Å². The Kier molecular flexibility index (Phi) is 3.50. The first kappa shape index (κ1) is 15.5. The molecule has 0 aromatic carbocycles. The van der Waals surface area contributed by atoms with Crippen molar-refractivity contribution in [3.63, 3.8) is 0 Å². The van der Waals surface area contributed by atoms with Crippen LogP contribution in [0.15, 0.2) is 12.4 Å². The minimum Gasteiger partial charge on any atom is -0.396 e. The van der Waals surface area contributed by atoms with E-state index in [0.29, 0.717) is 18.6 Å². The van der Waals surface area contributed by atoms with Gasteiger partial charge in [-0.15, -0.1) is 10.2 Å². The molecule has 2 aromatic rings. The zero-order valence-corrected chi connectivity index (χ0v) is 14.8. The summed E-state index contributed by atoms with van der Waals surface area (Å²) in [7, 11) is 2.20. The second kappa shape index (κ2) is 5.64. The fourth-order valence-electron chi connectivity index (χ4n) is 4.88. The lowest BCUT2D eigenvalue weighted by atomic mass is 9.69. The van der Waals surface area contributed by atoms with Crippen molar-refractivity contribution >= 4 is 11.3 Å². The minimum absolute atomic E-state index is 0.0554. The van der Waals surface area contributed by atoms with E-state index >= 15 is 0 Å². The predicted molar refractivity (Wildman–Crippen MR) is 94.8 cm³/mol. The number of aromatic nitrogens is 4. The number of anilines is 1. The van der Waals surface area contributed by atoms with E-state index < -0.39 is 0 Å². The van der Waals surface area contributed by atoms with Gasteiger partial charge in [-0.2, -0.15) is 9.61 Å². The van der Waals surface area contributed by atoms with E-state index in [2.05, 4.69) is 33.1 Å². The SMILES string of the molecule is CN1CCC[C@]2(CO)CCN(c3cc(C4CC4)nn4cnnc34)C[C@@H]12. The van der Waals surface area contributed by atoms with Crippen molar-refractivity contribution in [1.29, 1.82) is 0 Å². The van der Waals surface area contributed by atoms with Crippen molar-refractivity contribution in [2.75, 3.05) is 38.2 Å². The minimum atomic E-state index is 0.0554. The van der Waals surface area contributed by atoms with Crippen LogP contribution in [0.2, 0.25) is 0 Å². The van der Waals surface area contributed by atoms with Crippen LogP contribution in [0, 0.1) is 5.41 Å². The third-order valence-electron chi connectivity index (χ3n) is 6.62. The first-order valence-corrected chi connectivity index (χ1v) is 9.47. The molecule has 0 unspecified atom stereocenters. The number of nitrogens with zero attached hydrogens (tertiary/aromatic N) is 6. The number of likely N-dealkylation sites (N-methyl/N-ethyl adjacent to an activating group) is 1. The van der Waals surface area contributed by atoms with Gasteiger partial charge in [-0.25, -0.2) is 0 Å². The summed E-state index contributed by atoms with van der Waals surface area (Å²) < 4.78 is 1.83. The molecule has 1 N–H and O–H groups in total. The molecule has 2 aliphatic heterocycles. The van der Waals surface area contributed by atoms with Gasteiger partial charge in [-0.3, -0.25) is 0 Å². The Bertz CT molecular complexity index is 787. The lowest BCUT2D eigenvalue weighted by Gasteiger charge is -2.54. The van der Waals surface area contributed by atoms with Crippen molar-refractivity contribution in [1.82, 2.24) is 24.7 Å². The second-order valence-corrected chi connectivity index (χ2v) is 8.14. The van der Waals surface area contributed by atoms with Crippen molar-refractivity contribution in [2.45, 2.75) is 44.1 Å². The Morgan fingerprint density at radius 2 is 2.16 bits per heavy atom. The fourth-order valence-corrected chi connectivity index (χ4v) is 4.88. The number of fused-ring (bicyclic) bond motifs is 2. The van der Waals surface area contributed by atoms with E-state index in [9.17, 15) is 5.11 Å². The quantitative estimate of drug-likeness (QED) is 0.906. The highest BCUT2D eigenvalue weighted by atomic mass is 16.3. The van der Waals surface area contributed by atoms with E-state index in [1.54, 1.807) is 6.33 Å². The smallest absolute Gasteiger partial charge is 0.200 e. The van der Waals surface area contributed by atoms with Crippen LogP contribution in [0.25, 0.3) is 5.65 Å². The molecule has 2 saturated heterocycles. The number of hydrogen-bond donors (Lipinski definition) is 1. The normalized spacial score (nSPS) is 30.6. The van der Waals surface area contributed by atoms with Gasteiger partial charge in [0.15, 0.2) is 0 Å². The van der Waals surface area contributed by atoms with Gasteiger partial charge in [-0.05, 0) is 51.8 Å². The molecule has 0 bridgehead atoms. The summed E-state index contributed by atoms with van der Waals surface area (Å²) in [5.74, 6) is 0.601. The first-order chi connectivity index (χ1) is 12.2. The van der Waals surface area contributed by atoms with Crippen molar-refractivity contribution < 1.29 is 5.11 Å². The summed E-state index contributed by atoms with van der Waals surface area (Å²) in [4.78, 5) is 4.88. The lowest BCUT2D eigenvalue weighted by molar-refractivity contribution is -0.0275. The highest BCUT2D eigenvalue weighted by molar-refractivity contribution is 5.69. The largest absolute Gasteiger partial charge is 0.396 e. The van der Waals surface area contributed by atoms with Crippen LogP contribution in [0.5, 0.6) is 0 Å². The molecule has 2 aromatic heterocycles. The van der Waals surface area contributed by atoms with E-state index in [4.69, 9.17) is 5.10 Å². The molecule has 0 spiro atoms. The molecular formula is C18H26N6O. The topological polar surface area (TPSA) is 69.8 Å². The van der Waals surface area contributed by atoms with E-state index in [1.165, 1.54) is 25.0 Å². The van der Waals surface area contributed by atoms with Gasteiger partial charge in [0.2, 0.25) is 5.65 Å². The molecule has 5 rings (SSSR count). The summed E-state index contributed by atoms with van der Waals surface area (Å²) >= 11 is 0. The zero-order chi connectivity index (χ0) is 17.0. The van der Waals surface area contributed by atoms with Crippen molar-refractivity contribution in [2.24, 2.45) is 5.41 Å². The number of hydrogen-bond acceptors (Lipinski definition) is 6. The summed E-state index contributed by atoms with van der Waals surface area (Å²) in [5.41, 5.74) is 3.22.